The fourth-order valence-corrected chi connectivity index (χ4v) is 2.19. The van der Waals surface area contributed by atoms with Crippen LogP contribution < -0.4 is 0 Å². The Morgan fingerprint density at radius 1 is 1.44 bits per heavy atom. The van der Waals surface area contributed by atoms with E-state index in [-0.39, 0.29) is 6.61 Å². The molecule has 0 aromatic carbocycles. The van der Waals surface area contributed by atoms with Crippen LogP contribution in [0.2, 0.25) is 0 Å². The lowest BCUT2D eigenvalue weighted by Crippen LogP contribution is -2.40. The molecule has 0 radical (unpaired) electrons. The molecule has 0 bridgehead atoms. The Bertz CT molecular complexity index is 317. The first-order valence-corrected chi connectivity index (χ1v) is 6.20. The summed E-state index contributed by atoms with van der Waals surface area (Å²) in [5.41, 5.74) is 0. The molecule has 1 fully saturated rings. The zero-order valence-corrected chi connectivity index (χ0v) is 9.98. The Balaban J connectivity index is 1.90. The summed E-state index contributed by atoms with van der Waals surface area (Å²) in [5, 5.41) is 8.91. The van der Waals surface area contributed by atoms with Gasteiger partial charge in [-0.1, -0.05) is 6.42 Å². The Labute approximate surface area is 97.1 Å². The van der Waals surface area contributed by atoms with E-state index in [2.05, 4.69) is 11.0 Å². The Hall–Kier alpha value is -0.800. The largest absolute Gasteiger partial charge is 0.465 e. The minimum atomic E-state index is 0.278. The third-order valence-electron chi connectivity index (χ3n) is 3.35. The topological polar surface area (TPSA) is 36.6 Å². The third-order valence-corrected chi connectivity index (χ3v) is 3.35. The molecular formula is C13H21NO2. The van der Waals surface area contributed by atoms with Gasteiger partial charge < -0.3 is 9.52 Å². The van der Waals surface area contributed by atoms with Crippen molar-refractivity contribution in [3.8, 4) is 0 Å². The van der Waals surface area contributed by atoms with Crippen molar-refractivity contribution in [2.45, 2.75) is 45.2 Å². The molecule has 16 heavy (non-hydrogen) atoms. The molecule has 0 atom stereocenters. The summed E-state index contributed by atoms with van der Waals surface area (Å²) >= 11 is 0. The summed E-state index contributed by atoms with van der Waals surface area (Å²) in [4.78, 5) is 2.44. The second-order valence-electron chi connectivity index (χ2n) is 4.64. The zero-order chi connectivity index (χ0) is 11.4. The highest BCUT2D eigenvalue weighted by Crippen LogP contribution is 2.26. The van der Waals surface area contributed by atoms with Crippen LogP contribution in [-0.2, 0) is 6.54 Å². The van der Waals surface area contributed by atoms with Crippen molar-refractivity contribution < 1.29 is 9.52 Å². The zero-order valence-electron chi connectivity index (χ0n) is 9.98. The molecule has 3 nitrogen and oxygen atoms in total. The van der Waals surface area contributed by atoms with Gasteiger partial charge in [0.15, 0.2) is 0 Å². The molecule has 1 heterocycles. The van der Waals surface area contributed by atoms with Gasteiger partial charge in [-0.15, -0.1) is 0 Å². The van der Waals surface area contributed by atoms with Gasteiger partial charge in [-0.25, -0.2) is 0 Å². The summed E-state index contributed by atoms with van der Waals surface area (Å²) in [5.74, 6) is 2.02. The summed E-state index contributed by atoms with van der Waals surface area (Å²) < 4.78 is 5.61. The van der Waals surface area contributed by atoms with E-state index in [1.165, 1.54) is 19.3 Å². The van der Waals surface area contributed by atoms with Crippen molar-refractivity contribution in [3.63, 3.8) is 0 Å². The van der Waals surface area contributed by atoms with Crippen LogP contribution in [-0.4, -0.2) is 29.2 Å². The maximum atomic E-state index is 8.91. The highest BCUT2D eigenvalue weighted by Gasteiger charge is 2.25. The van der Waals surface area contributed by atoms with Crippen LogP contribution in [0.1, 0.15) is 37.2 Å². The Morgan fingerprint density at radius 3 is 2.75 bits per heavy atom. The van der Waals surface area contributed by atoms with Gasteiger partial charge in [0, 0.05) is 19.2 Å². The third kappa shape index (κ3) is 2.86. The summed E-state index contributed by atoms with van der Waals surface area (Å²) in [7, 11) is 0. The lowest BCUT2D eigenvalue weighted by molar-refractivity contribution is 0.101. The van der Waals surface area contributed by atoms with E-state index in [0.717, 1.165) is 31.0 Å². The lowest BCUT2D eigenvalue weighted by atomic mass is 9.91. The normalized spacial score (nSPS) is 16.7. The first-order chi connectivity index (χ1) is 7.79. The Morgan fingerprint density at radius 2 is 2.25 bits per heavy atom. The summed E-state index contributed by atoms with van der Waals surface area (Å²) in [6, 6.07) is 4.78. The monoisotopic (exact) mass is 223 g/mol. The molecule has 1 aromatic rings. The van der Waals surface area contributed by atoms with Crippen LogP contribution in [0.15, 0.2) is 16.5 Å². The quantitative estimate of drug-likeness (QED) is 0.804. The number of rotatable bonds is 6. The Kier molecular flexibility index (Phi) is 4.02. The van der Waals surface area contributed by atoms with Crippen molar-refractivity contribution >= 4 is 0 Å². The van der Waals surface area contributed by atoms with E-state index >= 15 is 0 Å². The second-order valence-corrected chi connectivity index (χ2v) is 4.64. The molecule has 90 valence electrons. The van der Waals surface area contributed by atoms with E-state index in [1.54, 1.807) is 0 Å². The minimum absolute atomic E-state index is 0.278. The predicted octanol–water partition coefficient (Wildman–Crippen LogP) is 2.32. The van der Waals surface area contributed by atoms with E-state index in [4.69, 9.17) is 9.52 Å². The second kappa shape index (κ2) is 5.51. The van der Waals surface area contributed by atoms with Gasteiger partial charge in [-0.2, -0.15) is 0 Å². The molecule has 1 aliphatic rings. The molecule has 0 aliphatic heterocycles. The molecule has 1 aromatic heterocycles. The van der Waals surface area contributed by atoms with Gasteiger partial charge in [0.1, 0.15) is 11.5 Å². The van der Waals surface area contributed by atoms with E-state index in [1.807, 2.05) is 13.0 Å². The van der Waals surface area contributed by atoms with Gasteiger partial charge >= 0.3 is 0 Å². The maximum Gasteiger partial charge on any atom is 0.118 e. The highest BCUT2D eigenvalue weighted by atomic mass is 16.3. The SMILES string of the molecule is Cc1ccc(CN(CCCO)C2CCC2)o1. The van der Waals surface area contributed by atoms with Crippen LogP contribution in [0.25, 0.3) is 0 Å². The number of nitrogens with zero attached hydrogens (tertiary/aromatic N) is 1. The molecule has 0 amide bonds. The molecule has 2 rings (SSSR count). The maximum absolute atomic E-state index is 8.91. The van der Waals surface area contributed by atoms with Crippen molar-refractivity contribution in [2.24, 2.45) is 0 Å². The molecule has 0 spiro atoms. The van der Waals surface area contributed by atoms with Crippen LogP contribution in [0.4, 0.5) is 0 Å². The smallest absolute Gasteiger partial charge is 0.118 e. The number of furan rings is 1. The van der Waals surface area contributed by atoms with E-state index in [0.29, 0.717) is 6.04 Å². The predicted molar refractivity (Wildman–Crippen MR) is 63.2 cm³/mol. The molecule has 0 saturated heterocycles. The fourth-order valence-electron chi connectivity index (χ4n) is 2.19. The number of aryl methyl sites for hydroxylation is 1. The minimum Gasteiger partial charge on any atom is -0.465 e. The lowest BCUT2D eigenvalue weighted by Gasteiger charge is -2.37. The number of hydrogen-bond acceptors (Lipinski definition) is 3. The van der Waals surface area contributed by atoms with Crippen LogP contribution in [0.3, 0.4) is 0 Å². The molecule has 0 unspecified atom stereocenters. The van der Waals surface area contributed by atoms with Crippen molar-refractivity contribution in [2.75, 3.05) is 13.2 Å². The van der Waals surface area contributed by atoms with Crippen LogP contribution >= 0.6 is 0 Å². The molecule has 1 aliphatic carbocycles. The standard InChI is InChI=1S/C13H21NO2/c1-11-6-7-13(16-11)10-14(8-3-9-15)12-4-2-5-12/h6-7,12,15H,2-5,8-10H2,1H3. The fraction of sp³-hybridized carbons (Fsp3) is 0.692. The van der Waals surface area contributed by atoms with Crippen LogP contribution in [0, 0.1) is 6.92 Å². The van der Waals surface area contributed by atoms with Crippen molar-refractivity contribution in [1.82, 2.24) is 4.90 Å². The first-order valence-electron chi connectivity index (χ1n) is 6.20. The molecule has 3 heteroatoms. The average molecular weight is 223 g/mol. The highest BCUT2D eigenvalue weighted by molar-refractivity contribution is 5.05. The summed E-state index contributed by atoms with van der Waals surface area (Å²) in [6.07, 6.45) is 4.80. The number of aliphatic hydroxyl groups is 1. The van der Waals surface area contributed by atoms with Crippen molar-refractivity contribution in [3.05, 3.63) is 23.7 Å². The number of aliphatic hydroxyl groups excluding tert-OH is 1. The van der Waals surface area contributed by atoms with Gasteiger partial charge in [0.05, 0.1) is 6.54 Å². The van der Waals surface area contributed by atoms with E-state index in [9.17, 15) is 0 Å². The van der Waals surface area contributed by atoms with E-state index < -0.39 is 0 Å². The van der Waals surface area contributed by atoms with Gasteiger partial charge in [0.2, 0.25) is 0 Å². The van der Waals surface area contributed by atoms with Gasteiger partial charge in [-0.05, 0) is 38.3 Å². The first kappa shape index (κ1) is 11.7. The molecule has 1 saturated carbocycles. The summed E-state index contributed by atoms with van der Waals surface area (Å²) in [6.45, 7) is 4.12. The van der Waals surface area contributed by atoms with Gasteiger partial charge in [0.25, 0.3) is 0 Å². The average Bonchev–Trinajstić information content (AvgIpc) is 2.58. The number of hydrogen-bond donors (Lipinski definition) is 1. The molecule has 1 N–H and O–H groups in total. The van der Waals surface area contributed by atoms with Crippen LogP contribution in [0.5, 0.6) is 0 Å². The van der Waals surface area contributed by atoms with Gasteiger partial charge in [-0.3, -0.25) is 4.90 Å². The molecular weight excluding hydrogens is 202 g/mol. The van der Waals surface area contributed by atoms with Crippen molar-refractivity contribution in [1.29, 1.82) is 0 Å².